The summed E-state index contributed by atoms with van der Waals surface area (Å²) in [7, 11) is -0.0720. The molecule has 0 radical (unpaired) electrons. The van der Waals surface area contributed by atoms with E-state index in [1.165, 1.54) is 54.5 Å². The largest absolute Gasteiger partial charge is 0.509 e. The third-order valence-electron chi connectivity index (χ3n) is 11.8. The molecule has 2 aromatic carbocycles. The standard InChI is InChI=1S/C52H65N3O23Si/c1-9-21-69-47(59)43-41(76-50(61)70-22-10-2)42(77-51(62)71-23-11-3)44(78-52(63)72-24-12-4)48(75-43)74-37-19-18-32(28-36(37)55(64)65)31-73-49(60)54-35-30-39(67-25-15-17-40(56)68-26-27-79(6,7)8)38(66-5)29-33(35)45(57)53-20-14-13-16-34(53)46(54)58/h9-12,18-19,28-30,34,41-44,46,48,58H,1-4,13-17,20-27,31H2,5-8H3/t34-,41-,42-,43-,44+,46?,48+/m0/s1. The molecule has 2 amide bonds. The minimum Gasteiger partial charge on any atom is -0.493 e. The maximum atomic E-state index is 14.4. The van der Waals surface area contributed by atoms with E-state index >= 15 is 0 Å². The average molecular weight is 1130 g/mol. The fraction of sp³-hybridized carbons (Fsp3) is 0.481. The van der Waals surface area contributed by atoms with E-state index in [1.807, 2.05) is 0 Å². The molecule has 27 heteroatoms. The predicted molar refractivity (Wildman–Crippen MR) is 277 cm³/mol. The number of hydrogen-bond acceptors (Lipinski definition) is 23. The number of methoxy groups -OCH3 is 1. The van der Waals surface area contributed by atoms with Crippen molar-refractivity contribution in [2.75, 3.05) is 58.2 Å². The van der Waals surface area contributed by atoms with E-state index in [9.17, 15) is 48.8 Å². The second-order valence-electron chi connectivity index (χ2n) is 18.7. The molecule has 7 atom stereocenters. The molecule has 1 unspecified atom stereocenters. The van der Waals surface area contributed by atoms with Crippen LogP contribution >= 0.6 is 0 Å². The van der Waals surface area contributed by atoms with Gasteiger partial charge < -0.3 is 71.6 Å². The lowest BCUT2D eigenvalue weighted by Gasteiger charge is -2.42. The van der Waals surface area contributed by atoms with Gasteiger partial charge in [-0.05, 0) is 49.4 Å². The molecule has 0 saturated carbocycles. The number of aliphatic hydroxyl groups excluding tert-OH is 1. The van der Waals surface area contributed by atoms with Gasteiger partial charge in [-0.25, -0.2) is 28.9 Å². The van der Waals surface area contributed by atoms with Crippen molar-refractivity contribution in [3.05, 3.63) is 102 Å². The van der Waals surface area contributed by atoms with E-state index in [2.05, 4.69) is 46.0 Å². The van der Waals surface area contributed by atoms with Gasteiger partial charge in [-0.3, -0.25) is 19.7 Å². The van der Waals surface area contributed by atoms with Crippen molar-refractivity contribution in [3.8, 4) is 17.2 Å². The van der Waals surface area contributed by atoms with E-state index in [0.717, 1.165) is 23.1 Å². The monoisotopic (exact) mass is 1130 g/mol. The van der Waals surface area contributed by atoms with Gasteiger partial charge in [0.25, 0.3) is 5.91 Å². The first-order valence-electron chi connectivity index (χ1n) is 24.9. The first-order valence-corrected chi connectivity index (χ1v) is 28.6. The number of piperidine rings is 1. The zero-order valence-corrected chi connectivity index (χ0v) is 45.2. The summed E-state index contributed by atoms with van der Waals surface area (Å²) in [6.07, 6.45) is -11.3. The summed E-state index contributed by atoms with van der Waals surface area (Å²) in [5.74, 6) is -2.63. The van der Waals surface area contributed by atoms with Crippen LogP contribution in [0.25, 0.3) is 0 Å². The molecule has 0 spiro atoms. The van der Waals surface area contributed by atoms with Gasteiger partial charge in [0.1, 0.15) is 33.0 Å². The Morgan fingerprint density at radius 1 is 0.785 bits per heavy atom. The SMILES string of the molecule is C=CCOC(=O)O[C@@H]1[C@@H](OC(=O)OCC=C)[C@H](Oc2ccc(COC(=O)N3c4cc(OCCCC(=O)OCC[Si](C)(C)C)c(OC)cc4C(=O)N4CCCC[C@H]4C3O)cc2[N+](=O)[O-])O[C@H](C(=O)OCC=C)[C@H]1OC(=O)OCC=C. The van der Waals surface area contributed by atoms with E-state index < -0.39 is 143 Å². The van der Waals surface area contributed by atoms with E-state index in [0.29, 0.717) is 25.9 Å². The topological polar surface area (TPSA) is 309 Å². The van der Waals surface area contributed by atoms with Crippen LogP contribution in [0.15, 0.2) is 81.0 Å². The van der Waals surface area contributed by atoms with Crippen molar-refractivity contribution in [3.63, 3.8) is 0 Å². The molecule has 2 saturated heterocycles. The van der Waals surface area contributed by atoms with Crippen molar-refractivity contribution in [2.45, 2.75) is 107 Å². The van der Waals surface area contributed by atoms with Crippen molar-refractivity contribution in [1.29, 1.82) is 0 Å². The minimum atomic E-state index is -2.18. The van der Waals surface area contributed by atoms with Crippen LogP contribution in [-0.4, -0.2) is 162 Å². The Hall–Kier alpha value is -8.17. The van der Waals surface area contributed by atoms with Gasteiger partial charge in [-0.1, -0.05) is 76.3 Å². The molecule has 2 aromatic rings. The molecular formula is C52H65N3O23Si. The molecule has 79 heavy (non-hydrogen) atoms. The molecule has 2 fully saturated rings. The fourth-order valence-corrected chi connectivity index (χ4v) is 8.80. The number of ether oxygens (including phenoxy) is 13. The van der Waals surface area contributed by atoms with Crippen LogP contribution in [0, 0.1) is 10.1 Å². The Morgan fingerprint density at radius 3 is 2.01 bits per heavy atom. The number of nitro benzene ring substituents is 1. The van der Waals surface area contributed by atoms with Crippen LogP contribution in [0.2, 0.25) is 25.7 Å². The smallest absolute Gasteiger partial charge is 0.493 e. The highest BCUT2D eigenvalue weighted by Crippen LogP contribution is 2.42. The highest BCUT2D eigenvalue weighted by atomic mass is 28.3. The second-order valence-corrected chi connectivity index (χ2v) is 24.3. The lowest BCUT2D eigenvalue weighted by Crippen LogP contribution is -2.64. The number of anilines is 1. The Bertz CT molecular complexity index is 2570. The molecule has 3 aliphatic rings. The van der Waals surface area contributed by atoms with Crippen molar-refractivity contribution < 1.29 is 105 Å². The number of fused-ring (bicyclic) bond motifs is 2. The highest BCUT2D eigenvalue weighted by molar-refractivity contribution is 6.76. The number of carbonyl (C=O) groups excluding carboxylic acids is 7. The zero-order valence-electron chi connectivity index (χ0n) is 44.2. The normalized spacial score (nSPS) is 20.4. The van der Waals surface area contributed by atoms with Crippen molar-refractivity contribution in [1.82, 2.24) is 4.90 Å². The van der Waals surface area contributed by atoms with Gasteiger partial charge in [-0.2, -0.15) is 0 Å². The van der Waals surface area contributed by atoms with Crippen LogP contribution in [0.1, 0.15) is 48.0 Å². The third kappa shape index (κ3) is 17.2. The van der Waals surface area contributed by atoms with Crippen LogP contribution in [0.3, 0.4) is 0 Å². The maximum absolute atomic E-state index is 14.4. The molecule has 0 aliphatic carbocycles. The summed E-state index contributed by atoms with van der Waals surface area (Å²) >= 11 is 0. The lowest BCUT2D eigenvalue weighted by atomic mass is 9.98. The predicted octanol–water partition coefficient (Wildman–Crippen LogP) is 7.07. The number of esters is 2. The quantitative estimate of drug-likeness (QED) is 0.0187. The number of rotatable bonds is 26. The van der Waals surface area contributed by atoms with Crippen LogP contribution in [-0.2, 0) is 63.6 Å². The first-order chi connectivity index (χ1) is 37.7. The lowest BCUT2D eigenvalue weighted by molar-refractivity contribution is -0.387. The Morgan fingerprint density at radius 2 is 1.41 bits per heavy atom. The zero-order chi connectivity index (χ0) is 57.8. The molecule has 26 nitrogen and oxygen atoms in total. The van der Waals surface area contributed by atoms with Crippen molar-refractivity contribution in [2.24, 2.45) is 0 Å². The minimum absolute atomic E-state index is 0.000972. The summed E-state index contributed by atoms with van der Waals surface area (Å²) in [4.78, 5) is 108. The molecule has 5 rings (SSSR count). The molecule has 3 aliphatic heterocycles. The van der Waals surface area contributed by atoms with Gasteiger partial charge in [0, 0.05) is 33.2 Å². The highest BCUT2D eigenvalue weighted by Gasteiger charge is 2.57. The van der Waals surface area contributed by atoms with E-state index in [1.54, 1.807) is 0 Å². The number of nitro groups is 1. The number of hydrogen-bond donors (Lipinski definition) is 1. The van der Waals surface area contributed by atoms with E-state index in [4.69, 9.17) is 61.6 Å². The van der Waals surface area contributed by atoms with E-state index in [-0.39, 0.29) is 54.3 Å². The van der Waals surface area contributed by atoms with Gasteiger partial charge in [0.2, 0.25) is 12.4 Å². The average Bonchev–Trinajstić information content (AvgIpc) is 3.71. The molecular weight excluding hydrogens is 1060 g/mol. The van der Waals surface area contributed by atoms with Gasteiger partial charge in [0.15, 0.2) is 41.8 Å². The van der Waals surface area contributed by atoms with Gasteiger partial charge >= 0.3 is 42.2 Å². The summed E-state index contributed by atoms with van der Waals surface area (Å²) in [6, 6.07) is 5.85. The number of benzene rings is 2. The summed E-state index contributed by atoms with van der Waals surface area (Å²) in [5.41, 5.74) is -0.992. The fourth-order valence-electron chi connectivity index (χ4n) is 8.09. The van der Waals surface area contributed by atoms with Crippen LogP contribution in [0.4, 0.5) is 30.6 Å². The Balaban J connectivity index is 1.47. The first kappa shape index (κ1) is 61.7. The van der Waals surface area contributed by atoms with Crippen LogP contribution in [0.5, 0.6) is 17.2 Å². The summed E-state index contributed by atoms with van der Waals surface area (Å²) < 4.78 is 70.9. The maximum Gasteiger partial charge on any atom is 0.509 e. The summed E-state index contributed by atoms with van der Waals surface area (Å²) in [5, 5.41) is 24.7. The molecule has 3 heterocycles. The Kier molecular flexibility index (Phi) is 23.1. The number of nitrogens with zero attached hydrogens (tertiary/aromatic N) is 3. The molecule has 0 bridgehead atoms. The summed E-state index contributed by atoms with van der Waals surface area (Å²) in [6.45, 7) is 18.6. The molecule has 0 aromatic heterocycles. The Labute approximate surface area is 455 Å². The third-order valence-corrected chi connectivity index (χ3v) is 13.5. The van der Waals surface area contributed by atoms with Gasteiger partial charge in [-0.15, -0.1) is 0 Å². The molecule has 430 valence electrons. The number of aliphatic hydroxyl groups is 1. The number of amides is 2. The number of carbonyl (C=O) groups is 7. The molecule has 1 N–H and O–H groups in total. The van der Waals surface area contributed by atoms with Gasteiger partial charge in [0.05, 0.1) is 42.5 Å². The second kappa shape index (κ2) is 29.5. The van der Waals surface area contributed by atoms with Crippen molar-refractivity contribution >= 4 is 61.9 Å². The van der Waals surface area contributed by atoms with Crippen LogP contribution < -0.4 is 19.1 Å².